The Kier molecular flexibility index (Phi) is 4.42. The molecule has 2 nitrogen and oxygen atoms in total. The Morgan fingerprint density at radius 1 is 1.26 bits per heavy atom. The van der Waals surface area contributed by atoms with Crippen LogP contribution in [-0.2, 0) is 5.41 Å². The van der Waals surface area contributed by atoms with E-state index >= 15 is 0 Å². The van der Waals surface area contributed by atoms with Gasteiger partial charge in [0.1, 0.15) is 5.75 Å². The third kappa shape index (κ3) is 2.75. The molecule has 2 rings (SSSR count). The lowest BCUT2D eigenvalue weighted by Crippen LogP contribution is -2.37. The zero-order valence-electron chi connectivity index (χ0n) is 11.9. The number of phenolic OH excluding ortho intramolecular Hbond substituents is 1. The molecule has 1 saturated carbocycles. The highest BCUT2D eigenvalue weighted by Crippen LogP contribution is 2.44. The zero-order valence-corrected chi connectivity index (χ0v) is 12.6. The van der Waals surface area contributed by atoms with Crippen LogP contribution in [0.4, 0.5) is 0 Å². The van der Waals surface area contributed by atoms with E-state index in [9.17, 15) is 5.11 Å². The van der Waals surface area contributed by atoms with Crippen LogP contribution in [0, 0.1) is 0 Å². The Labute approximate surface area is 121 Å². The summed E-state index contributed by atoms with van der Waals surface area (Å²) >= 11 is 6.38. The topological polar surface area (TPSA) is 46.2 Å². The molecule has 0 unspecified atom stereocenters. The van der Waals surface area contributed by atoms with Crippen molar-refractivity contribution in [3.8, 4) is 5.75 Å². The molecule has 3 heteroatoms. The van der Waals surface area contributed by atoms with Crippen molar-refractivity contribution in [2.24, 2.45) is 5.73 Å². The fraction of sp³-hybridized carbons (Fsp3) is 0.625. The van der Waals surface area contributed by atoms with Gasteiger partial charge in [0.05, 0.1) is 0 Å². The summed E-state index contributed by atoms with van der Waals surface area (Å²) in [6, 6.07) is 3.78. The number of rotatable bonds is 3. The van der Waals surface area contributed by atoms with Crippen LogP contribution in [0.15, 0.2) is 12.1 Å². The number of benzene rings is 1. The summed E-state index contributed by atoms with van der Waals surface area (Å²) in [7, 11) is 0. The highest BCUT2D eigenvalue weighted by molar-refractivity contribution is 6.31. The van der Waals surface area contributed by atoms with Gasteiger partial charge in [-0.3, -0.25) is 0 Å². The van der Waals surface area contributed by atoms with Crippen molar-refractivity contribution in [3.05, 3.63) is 28.3 Å². The Morgan fingerprint density at radius 2 is 1.89 bits per heavy atom. The van der Waals surface area contributed by atoms with Crippen molar-refractivity contribution in [1.29, 1.82) is 0 Å². The van der Waals surface area contributed by atoms with E-state index in [2.05, 4.69) is 13.8 Å². The largest absolute Gasteiger partial charge is 0.508 e. The van der Waals surface area contributed by atoms with E-state index in [1.54, 1.807) is 0 Å². The quantitative estimate of drug-likeness (QED) is 0.866. The van der Waals surface area contributed by atoms with Crippen molar-refractivity contribution < 1.29 is 5.11 Å². The first kappa shape index (κ1) is 14.7. The van der Waals surface area contributed by atoms with Crippen LogP contribution in [0.5, 0.6) is 5.75 Å². The van der Waals surface area contributed by atoms with Crippen LogP contribution in [0.1, 0.15) is 63.0 Å². The molecule has 0 spiro atoms. The number of nitrogens with two attached hydrogens (primary N) is 1. The molecule has 0 saturated heterocycles. The molecule has 1 aromatic rings. The van der Waals surface area contributed by atoms with E-state index in [1.165, 1.54) is 19.3 Å². The number of halogens is 1. The number of aromatic hydroxyl groups is 1. The molecule has 1 aliphatic carbocycles. The Hall–Kier alpha value is -0.730. The molecular weight excluding hydrogens is 258 g/mol. The standard InChI is InChI=1S/C16H24ClNO/c1-11(2)12-8-15(19)13(9-14(12)17)16(10-18)6-4-3-5-7-16/h8-9,11,19H,3-7,10,18H2,1-2H3. The van der Waals surface area contributed by atoms with E-state index < -0.39 is 0 Å². The number of phenols is 1. The molecular formula is C16H24ClNO. The molecule has 0 heterocycles. The highest BCUT2D eigenvalue weighted by atomic mass is 35.5. The molecule has 1 aromatic carbocycles. The third-order valence-electron chi connectivity index (χ3n) is 4.51. The molecule has 0 bridgehead atoms. The van der Waals surface area contributed by atoms with Gasteiger partial charge in [0.15, 0.2) is 0 Å². The summed E-state index contributed by atoms with van der Waals surface area (Å²) in [4.78, 5) is 0. The zero-order chi connectivity index (χ0) is 14.0. The second kappa shape index (κ2) is 5.72. The molecule has 1 aliphatic rings. The first-order chi connectivity index (χ1) is 9.00. The maximum Gasteiger partial charge on any atom is 0.119 e. The van der Waals surface area contributed by atoms with Gasteiger partial charge in [0.25, 0.3) is 0 Å². The first-order valence-electron chi connectivity index (χ1n) is 7.23. The second-order valence-corrected chi connectivity index (χ2v) is 6.50. The number of hydrogen-bond acceptors (Lipinski definition) is 2. The fourth-order valence-electron chi connectivity index (χ4n) is 3.26. The van der Waals surface area contributed by atoms with Crippen molar-refractivity contribution >= 4 is 11.6 Å². The molecule has 0 amide bonds. The first-order valence-corrected chi connectivity index (χ1v) is 7.61. The average Bonchev–Trinajstić information content (AvgIpc) is 2.41. The number of hydrogen-bond donors (Lipinski definition) is 2. The lowest BCUT2D eigenvalue weighted by Gasteiger charge is -2.37. The SMILES string of the molecule is CC(C)c1cc(O)c(C2(CN)CCCCC2)cc1Cl. The van der Waals surface area contributed by atoms with Crippen LogP contribution >= 0.6 is 11.6 Å². The van der Waals surface area contributed by atoms with Gasteiger partial charge in [0, 0.05) is 22.5 Å². The van der Waals surface area contributed by atoms with Gasteiger partial charge < -0.3 is 10.8 Å². The van der Waals surface area contributed by atoms with Crippen LogP contribution in [-0.4, -0.2) is 11.7 Å². The average molecular weight is 282 g/mol. The summed E-state index contributed by atoms with van der Waals surface area (Å²) < 4.78 is 0. The van der Waals surface area contributed by atoms with E-state index in [0.717, 1.165) is 29.0 Å². The molecule has 1 fully saturated rings. The van der Waals surface area contributed by atoms with Gasteiger partial charge in [-0.05, 0) is 36.5 Å². The van der Waals surface area contributed by atoms with Crippen molar-refractivity contribution in [2.75, 3.05) is 6.54 Å². The molecule has 106 valence electrons. The maximum atomic E-state index is 10.4. The van der Waals surface area contributed by atoms with Crippen molar-refractivity contribution in [2.45, 2.75) is 57.3 Å². The predicted molar refractivity (Wildman–Crippen MR) is 81.0 cm³/mol. The Balaban J connectivity index is 2.46. The summed E-state index contributed by atoms with van der Waals surface area (Å²) in [6.45, 7) is 4.75. The molecule has 3 N–H and O–H groups in total. The van der Waals surface area contributed by atoms with Crippen LogP contribution in [0.2, 0.25) is 5.02 Å². The van der Waals surface area contributed by atoms with Gasteiger partial charge >= 0.3 is 0 Å². The van der Waals surface area contributed by atoms with Crippen LogP contribution in [0.3, 0.4) is 0 Å². The maximum absolute atomic E-state index is 10.4. The van der Waals surface area contributed by atoms with Crippen molar-refractivity contribution in [3.63, 3.8) is 0 Å². The van der Waals surface area contributed by atoms with Crippen molar-refractivity contribution in [1.82, 2.24) is 0 Å². The normalized spacial score (nSPS) is 18.8. The lowest BCUT2D eigenvalue weighted by atomic mass is 9.69. The Morgan fingerprint density at radius 3 is 2.42 bits per heavy atom. The van der Waals surface area contributed by atoms with Crippen LogP contribution < -0.4 is 5.73 Å². The van der Waals surface area contributed by atoms with Gasteiger partial charge in [-0.15, -0.1) is 0 Å². The Bertz CT molecular complexity index is 450. The van der Waals surface area contributed by atoms with E-state index in [0.29, 0.717) is 18.2 Å². The second-order valence-electron chi connectivity index (χ2n) is 6.09. The van der Waals surface area contributed by atoms with Gasteiger partial charge in [0.2, 0.25) is 0 Å². The van der Waals surface area contributed by atoms with Gasteiger partial charge in [-0.1, -0.05) is 44.7 Å². The van der Waals surface area contributed by atoms with E-state index in [1.807, 2.05) is 12.1 Å². The summed E-state index contributed by atoms with van der Waals surface area (Å²) in [5, 5.41) is 11.2. The third-order valence-corrected chi connectivity index (χ3v) is 4.84. The molecule has 0 aromatic heterocycles. The van der Waals surface area contributed by atoms with Gasteiger partial charge in [-0.2, -0.15) is 0 Å². The minimum absolute atomic E-state index is 0.0819. The summed E-state index contributed by atoms with van der Waals surface area (Å²) in [6.07, 6.45) is 5.73. The molecule has 19 heavy (non-hydrogen) atoms. The van der Waals surface area contributed by atoms with Crippen LogP contribution in [0.25, 0.3) is 0 Å². The minimum atomic E-state index is -0.0819. The smallest absolute Gasteiger partial charge is 0.119 e. The highest BCUT2D eigenvalue weighted by Gasteiger charge is 2.35. The fourth-order valence-corrected chi connectivity index (χ4v) is 3.64. The monoisotopic (exact) mass is 281 g/mol. The molecule has 0 aliphatic heterocycles. The van der Waals surface area contributed by atoms with E-state index in [-0.39, 0.29) is 5.41 Å². The minimum Gasteiger partial charge on any atom is -0.508 e. The lowest BCUT2D eigenvalue weighted by molar-refractivity contribution is 0.291. The summed E-state index contributed by atoms with van der Waals surface area (Å²) in [5.74, 6) is 0.674. The molecule has 0 radical (unpaired) electrons. The molecule has 0 atom stereocenters. The predicted octanol–water partition coefficient (Wildman–Crippen LogP) is 4.33. The van der Waals surface area contributed by atoms with E-state index in [4.69, 9.17) is 17.3 Å². The van der Waals surface area contributed by atoms with Gasteiger partial charge in [-0.25, -0.2) is 0 Å². The summed E-state index contributed by atoms with van der Waals surface area (Å²) in [5.41, 5.74) is 7.90.